The number of aromatic nitrogens is 1. The van der Waals surface area contributed by atoms with Crippen LogP contribution in [-0.2, 0) is 6.54 Å². The molecule has 0 unspecified atom stereocenters. The molecule has 0 aliphatic rings. The Morgan fingerprint density at radius 2 is 2.18 bits per heavy atom. The van der Waals surface area contributed by atoms with Crippen molar-refractivity contribution >= 4 is 5.97 Å². The fourth-order valence-corrected chi connectivity index (χ4v) is 1.64. The normalized spacial score (nSPS) is 10.8. The Balaban J connectivity index is 2.71. The number of nitrogens with zero attached hydrogens (tertiary/aromatic N) is 2. The summed E-state index contributed by atoms with van der Waals surface area (Å²) in [7, 11) is 0. The van der Waals surface area contributed by atoms with Crippen molar-refractivity contribution in [2.24, 2.45) is 0 Å². The molecule has 0 spiro atoms. The van der Waals surface area contributed by atoms with E-state index < -0.39 is 5.97 Å². The van der Waals surface area contributed by atoms with Gasteiger partial charge in [-0.15, -0.1) is 0 Å². The second-order valence-corrected chi connectivity index (χ2v) is 3.82. The van der Waals surface area contributed by atoms with Crippen molar-refractivity contribution in [3.63, 3.8) is 0 Å². The first kappa shape index (κ1) is 13.6. The van der Waals surface area contributed by atoms with E-state index in [0.29, 0.717) is 18.8 Å². The Morgan fingerprint density at radius 1 is 1.41 bits per heavy atom. The van der Waals surface area contributed by atoms with Crippen LogP contribution in [0.15, 0.2) is 18.2 Å². The Kier molecular flexibility index (Phi) is 5.59. The Hall–Kier alpha value is -1.46. The largest absolute Gasteiger partial charge is 0.477 e. The standard InChI is InChI=1S/C12H18N2O3/c1-2-6-14(7-8-15)9-10-4-3-5-11(13-10)12(16)17/h3-5,15H,2,6-9H2,1H3,(H,16,17). The first-order valence-electron chi connectivity index (χ1n) is 5.69. The van der Waals surface area contributed by atoms with Gasteiger partial charge >= 0.3 is 5.97 Å². The average molecular weight is 238 g/mol. The highest BCUT2D eigenvalue weighted by atomic mass is 16.4. The number of carboxylic acids is 1. The van der Waals surface area contributed by atoms with Gasteiger partial charge in [-0.1, -0.05) is 13.0 Å². The molecule has 1 aromatic heterocycles. The van der Waals surface area contributed by atoms with E-state index in [0.717, 1.165) is 13.0 Å². The molecule has 0 amide bonds. The SMILES string of the molecule is CCCN(CCO)Cc1cccc(C(=O)O)n1. The molecular formula is C12H18N2O3. The van der Waals surface area contributed by atoms with Gasteiger partial charge in [0.15, 0.2) is 0 Å². The molecule has 0 atom stereocenters. The topological polar surface area (TPSA) is 73.7 Å². The molecule has 1 aromatic rings. The van der Waals surface area contributed by atoms with Gasteiger partial charge in [0.2, 0.25) is 0 Å². The van der Waals surface area contributed by atoms with Crippen LogP contribution in [0.5, 0.6) is 0 Å². The number of aliphatic hydroxyl groups is 1. The summed E-state index contributed by atoms with van der Waals surface area (Å²) in [4.78, 5) is 16.9. The molecule has 0 fully saturated rings. The van der Waals surface area contributed by atoms with Crippen molar-refractivity contribution < 1.29 is 15.0 Å². The van der Waals surface area contributed by atoms with Gasteiger partial charge in [-0.2, -0.15) is 0 Å². The predicted molar refractivity (Wildman–Crippen MR) is 63.9 cm³/mol. The van der Waals surface area contributed by atoms with Gasteiger partial charge in [-0.05, 0) is 25.1 Å². The van der Waals surface area contributed by atoms with Gasteiger partial charge in [0.05, 0.1) is 12.3 Å². The molecule has 17 heavy (non-hydrogen) atoms. The molecule has 0 saturated heterocycles. The molecule has 5 nitrogen and oxygen atoms in total. The van der Waals surface area contributed by atoms with E-state index in [1.165, 1.54) is 6.07 Å². The van der Waals surface area contributed by atoms with Crippen LogP contribution in [0.25, 0.3) is 0 Å². The summed E-state index contributed by atoms with van der Waals surface area (Å²) in [6.07, 6.45) is 0.985. The second kappa shape index (κ2) is 6.98. The van der Waals surface area contributed by atoms with Gasteiger partial charge in [0.1, 0.15) is 5.69 Å². The summed E-state index contributed by atoms with van der Waals surface area (Å²) < 4.78 is 0. The first-order chi connectivity index (χ1) is 8.17. The lowest BCUT2D eigenvalue weighted by Crippen LogP contribution is -2.27. The summed E-state index contributed by atoms with van der Waals surface area (Å²) in [5.41, 5.74) is 0.773. The third kappa shape index (κ3) is 4.50. The van der Waals surface area contributed by atoms with Crippen LogP contribution >= 0.6 is 0 Å². The minimum absolute atomic E-state index is 0.0583. The number of carboxylic acid groups (broad SMARTS) is 1. The predicted octanol–water partition coefficient (Wildman–Crippen LogP) is 0.984. The van der Waals surface area contributed by atoms with Gasteiger partial charge in [0.25, 0.3) is 0 Å². The first-order valence-corrected chi connectivity index (χ1v) is 5.69. The average Bonchev–Trinajstić information content (AvgIpc) is 2.30. The number of aliphatic hydroxyl groups excluding tert-OH is 1. The lowest BCUT2D eigenvalue weighted by Gasteiger charge is -2.19. The van der Waals surface area contributed by atoms with Gasteiger partial charge in [-0.3, -0.25) is 4.90 Å². The van der Waals surface area contributed by atoms with Crippen molar-refractivity contribution in [1.82, 2.24) is 9.88 Å². The Bertz CT molecular complexity index is 363. The summed E-state index contributed by atoms with van der Waals surface area (Å²) in [6.45, 7) is 4.16. The molecule has 1 heterocycles. The van der Waals surface area contributed by atoms with E-state index in [4.69, 9.17) is 10.2 Å². The Labute approximate surface area is 101 Å². The molecule has 0 bridgehead atoms. The zero-order valence-electron chi connectivity index (χ0n) is 9.96. The van der Waals surface area contributed by atoms with E-state index in [9.17, 15) is 4.79 Å². The number of carbonyl (C=O) groups is 1. The van der Waals surface area contributed by atoms with E-state index in [1.54, 1.807) is 12.1 Å². The lowest BCUT2D eigenvalue weighted by atomic mass is 10.2. The fraction of sp³-hybridized carbons (Fsp3) is 0.500. The maximum atomic E-state index is 10.8. The summed E-state index contributed by atoms with van der Waals surface area (Å²) in [5.74, 6) is -1.02. The number of hydrogen-bond acceptors (Lipinski definition) is 4. The molecule has 0 radical (unpaired) electrons. The maximum absolute atomic E-state index is 10.8. The van der Waals surface area contributed by atoms with Crippen LogP contribution in [0.1, 0.15) is 29.5 Å². The van der Waals surface area contributed by atoms with Crippen molar-refractivity contribution in [2.45, 2.75) is 19.9 Å². The van der Waals surface area contributed by atoms with Gasteiger partial charge in [-0.25, -0.2) is 9.78 Å². The maximum Gasteiger partial charge on any atom is 0.354 e. The lowest BCUT2D eigenvalue weighted by molar-refractivity contribution is 0.0689. The van der Waals surface area contributed by atoms with E-state index >= 15 is 0 Å². The summed E-state index contributed by atoms with van der Waals surface area (Å²) in [6, 6.07) is 4.96. The quantitative estimate of drug-likeness (QED) is 0.741. The van der Waals surface area contributed by atoms with Crippen molar-refractivity contribution in [3.8, 4) is 0 Å². The number of pyridine rings is 1. The molecule has 94 valence electrons. The highest BCUT2D eigenvalue weighted by Gasteiger charge is 2.08. The van der Waals surface area contributed by atoms with Crippen molar-refractivity contribution in [2.75, 3.05) is 19.7 Å². The molecule has 1 rings (SSSR count). The molecule has 0 aliphatic heterocycles. The molecule has 0 saturated carbocycles. The monoisotopic (exact) mass is 238 g/mol. The van der Waals surface area contributed by atoms with Crippen LogP contribution < -0.4 is 0 Å². The van der Waals surface area contributed by atoms with Crippen LogP contribution in [0.4, 0.5) is 0 Å². The third-order valence-electron chi connectivity index (χ3n) is 2.37. The van der Waals surface area contributed by atoms with Crippen LogP contribution in [-0.4, -0.2) is 45.8 Å². The zero-order valence-corrected chi connectivity index (χ0v) is 9.96. The number of hydrogen-bond donors (Lipinski definition) is 2. The molecule has 0 aliphatic carbocycles. The minimum atomic E-state index is -1.02. The van der Waals surface area contributed by atoms with Crippen LogP contribution in [0.2, 0.25) is 0 Å². The van der Waals surface area contributed by atoms with Crippen molar-refractivity contribution in [3.05, 3.63) is 29.6 Å². The van der Waals surface area contributed by atoms with Gasteiger partial charge < -0.3 is 10.2 Å². The zero-order chi connectivity index (χ0) is 12.7. The molecular weight excluding hydrogens is 220 g/mol. The summed E-state index contributed by atoms with van der Waals surface area (Å²) in [5, 5.41) is 17.8. The third-order valence-corrected chi connectivity index (χ3v) is 2.37. The van der Waals surface area contributed by atoms with Crippen LogP contribution in [0, 0.1) is 0 Å². The molecule has 5 heteroatoms. The minimum Gasteiger partial charge on any atom is -0.477 e. The highest BCUT2D eigenvalue weighted by molar-refractivity contribution is 5.85. The van der Waals surface area contributed by atoms with E-state index in [1.807, 2.05) is 4.90 Å². The molecule has 0 aromatic carbocycles. The van der Waals surface area contributed by atoms with E-state index in [2.05, 4.69) is 11.9 Å². The summed E-state index contributed by atoms with van der Waals surface area (Å²) >= 11 is 0. The second-order valence-electron chi connectivity index (χ2n) is 3.82. The molecule has 2 N–H and O–H groups in total. The van der Waals surface area contributed by atoms with Crippen molar-refractivity contribution in [1.29, 1.82) is 0 Å². The number of aromatic carboxylic acids is 1. The van der Waals surface area contributed by atoms with Crippen LogP contribution in [0.3, 0.4) is 0 Å². The highest BCUT2D eigenvalue weighted by Crippen LogP contribution is 2.04. The fourth-order valence-electron chi connectivity index (χ4n) is 1.64. The van der Waals surface area contributed by atoms with E-state index in [-0.39, 0.29) is 12.3 Å². The number of rotatable bonds is 7. The van der Waals surface area contributed by atoms with Gasteiger partial charge in [0, 0.05) is 13.1 Å². The smallest absolute Gasteiger partial charge is 0.354 e. The Morgan fingerprint density at radius 3 is 2.76 bits per heavy atom.